The Balaban J connectivity index is 1.89. The Hall–Kier alpha value is -0.890. The van der Waals surface area contributed by atoms with Gasteiger partial charge in [0.1, 0.15) is 5.76 Å². The second-order valence-electron chi connectivity index (χ2n) is 4.91. The summed E-state index contributed by atoms with van der Waals surface area (Å²) in [5, 5.41) is 3.26. The maximum Gasteiger partial charge on any atom is 0.215 e. The van der Waals surface area contributed by atoms with E-state index in [4.69, 9.17) is 4.42 Å². The van der Waals surface area contributed by atoms with E-state index in [9.17, 15) is 8.42 Å². The SMILES string of the molecule is CCN(Cc1ccco1)S(=O)(=O)CCN1CCNCC1. The van der Waals surface area contributed by atoms with Crippen molar-refractivity contribution in [3.05, 3.63) is 24.2 Å². The van der Waals surface area contributed by atoms with E-state index < -0.39 is 10.0 Å². The molecule has 1 saturated heterocycles. The molecule has 0 aliphatic carbocycles. The Bertz CT molecular complexity index is 481. The van der Waals surface area contributed by atoms with Crippen LogP contribution >= 0.6 is 0 Å². The van der Waals surface area contributed by atoms with Gasteiger partial charge in [-0.05, 0) is 12.1 Å². The van der Waals surface area contributed by atoms with E-state index in [1.807, 2.05) is 6.92 Å². The second kappa shape index (κ2) is 7.21. The van der Waals surface area contributed by atoms with Gasteiger partial charge in [-0.2, -0.15) is 4.31 Å². The Morgan fingerprint density at radius 1 is 1.40 bits per heavy atom. The van der Waals surface area contributed by atoms with Crippen molar-refractivity contribution in [2.75, 3.05) is 45.0 Å². The maximum atomic E-state index is 12.4. The summed E-state index contributed by atoms with van der Waals surface area (Å²) in [6.45, 7) is 6.93. The van der Waals surface area contributed by atoms with E-state index in [0.29, 0.717) is 25.4 Å². The normalized spacial score (nSPS) is 17.7. The van der Waals surface area contributed by atoms with Gasteiger partial charge in [0.25, 0.3) is 0 Å². The molecule has 0 amide bonds. The first-order valence-electron chi connectivity index (χ1n) is 7.05. The summed E-state index contributed by atoms with van der Waals surface area (Å²) in [5.74, 6) is 0.847. The van der Waals surface area contributed by atoms with Crippen LogP contribution in [-0.2, 0) is 16.6 Å². The molecule has 1 N–H and O–H groups in total. The number of sulfonamides is 1. The summed E-state index contributed by atoms with van der Waals surface area (Å²) < 4.78 is 31.5. The molecule has 0 radical (unpaired) electrons. The molecule has 1 aliphatic rings. The van der Waals surface area contributed by atoms with E-state index >= 15 is 0 Å². The van der Waals surface area contributed by atoms with Crippen molar-refractivity contribution in [3.63, 3.8) is 0 Å². The number of rotatable bonds is 7. The molecule has 0 bridgehead atoms. The lowest BCUT2D eigenvalue weighted by atomic mass is 10.4. The predicted molar refractivity (Wildman–Crippen MR) is 77.9 cm³/mol. The van der Waals surface area contributed by atoms with Gasteiger partial charge >= 0.3 is 0 Å². The zero-order valence-electron chi connectivity index (χ0n) is 11.9. The fraction of sp³-hybridized carbons (Fsp3) is 0.692. The summed E-state index contributed by atoms with van der Waals surface area (Å²) >= 11 is 0. The van der Waals surface area contributed by atoms with Crippen LogP contribution in [0.2, 0.25) is 0 Å². The third-order valence-electron chi connectivity index (χ3n) is 3.53. The lowest BCUT2D eigenvalue weighted by molar-refractivity contribution is 0.252. The summed E-state index contributed by atoms with van der Waals surface area (Å²) in [4.78, 5) is 2.19. The lowest BCUT2D eigenvalue weighted by Crippen LogP contribution is -2.46. The highest BCUT2D eigenvalue weighted by Crippen LogP contribution is 2.10. The first-order chi connectivity index (χ1) is 9.62. The van der Waals surface area contributed by atoms with Crippen LogP contribution in [0.5, 0.6) is 0 Å². The molecule has 1 aromatic heterocycles. The molecule has 0 unspecified atom stereocenters. The topological polar surface area (TPSA) is 65.8 Å². The maximum absolute atomic E-state index is 12.4. The van der Waals surface area contributed by atoms with E-state index in [1.165, 1.54) is 4.31 Å². The molecule has 0 saturated carbocycles. The highest BCUT2D eigenvalue weighted by molar-refractivity contribution is 7.89. The molecule has 114 valence electrons. The zero-order chi connectivity index (χ0) is 14.4. The molecule has 1 fully saturated rings. The van der Waals surface area contributed by atoms with E-state index in [1.54, 1.807) is 18.4 Å². The molecule has 20 heavy (non-hydrogen) atoms. The molecule has 6 nitrogen and oxygen atoms in total. The van der Waals surface area contributed by atoms with Crippen LogP contribution in [0.1, 0.15) is 12.7 Å². The highest BCUT2D eigenvalue weighted by atomic mass is 32.2. The minimum atomic E-state index is -3.24. The van der Waals surface area contributed by atoms with E-state index in [-0.39, 0.29) is 5.75 Å². The van der Waals surface area contributed by atoms with Crippen LogP contribution in [0.25, 0.3) is 0 Å². The second-order valence-corrected chi connectivity index (χ2v) is 7.00. The molecule has 0 spiro atoms. The van der Waals surface area contributed by atoms with Crippen molar-refractivity contribution in [1.29, 1.82) is 0 Å². The van der Waals surface area contributed by atoms with Crippen LogP contribution in [-0.4, -0.2) is 62.6 Å². The molecule has 1 aliphatic heterocycles. The number of hydrogen-bond acceptors (Lipinski definition) is 5. The van der Waals surface area contributed by atoms with Crippen molar-refractivity contribution in [1.82, 2.24) is 14.5 Å². The Kier molecular flexibility index (Phi) is 5.59. The van der Waals surface area contributed by atoms with Gasteiger partial charge in [0, 0.05) is 39.3 Å². The van der Waals surface area contributed by atoms with Crippen molar-refractivity contribution in [3.8, 4) is 0 Å². The van der Waals surface area contributed by atoms with Gasteiger partial charge in [-0.25, -0.2) is 8.42 Å². The number of nitrogens with zero attached hydrogens (tertiary/aromatic N) is 2. The van der Waals surface area contributed by atoms with Gasteiger partial charge in [0.15, 0.2) is 0 Å². The molecule has 7 heteroatoms. The van der Waals surface area contributed by atoms with Gasteiger partial charge in [0.05, 0.1) is 18.6 Å². The van der Waals surface area contributed by atoms with Crippen LogP contribution in [0.4, 0.5) is 0 Å². The lowest BCUT2D eigenvalue weighted by Gasteiger charge is -2.28. The van der Waals surface area contributed by atoms with E-state index in [0.717, 1.165) is 26.2 Å². The first kappa shape index (κ1) is 15.5. The fourth-order valence-electron chi connectivity index (χ4n) is 2.29. The molecule has 1 aromatic rings. The quantitative estimate of drug-likeness (QED) is 0.786. The molecule has 0 atom stereocenters. The summed E-state index contributed by atoms with van der Waals surface area (Å²) in [5.41, 5.74) is 0. The summed E-state index contributed by atoms with van der Waals surface area (Å²) in [6.07, 6.45) is 1.57. The highest BCUT2D eigenvalue weighted by Gasteiger charge is 2.23. The summed E-state index contributed by atoms with van der Waals surface area (Å²) in [6, 6.07) is 3.57. The minimum absolute atomic E-state index is 0.168. The third-order valence-corrected chi connectivity index (χ3v) is 5.41. The molecule has 2 heterocycles. The molecular formula is C13H23N3O3S. The van der Waals surface area contributed by atoms with Crippen molar-refractivity contribution in [2.45, 2.75) is 13.5 Å². The van der Waals surface area contributed by atoms with E-state index in [2.05, 4.69) is 10.2 Å². The number of nitrogens with one attached hydrogen (secondary N) is 1. The van der Waals surface area contributed by atoms with Crippen LogP contribution in [0.15, 0.2) is 22.8 Å². The first-order valence-corrected chi connectivity index (χ1v) is 8.66. The molecular weight excluding hydrogens is 278 g/mol. The van der Waals surface area contributed by atoms with Gasteiger partial charge in [-0.1, -0.05) is 6.92 Å². The Labute approximate surface area is 120 Å². The van der Waals surface area contributed by atoms with Gasteiger partial charge in [-0.15, -0.1) is 0 Å². The monoisotopic (exact) mass is 301 g/mol. The largest absolute Gasteiger partial charge is 0.468 e. The van der Waals surface area contributed by atoms with Crippen LogP contribution in [0.3, 0.4) is 0 Å². The van der Waals surface area contributed by atoms with Gasteiger partial charge in [-0.3, -0.25) is 4.90 Å². The standard InChI is InChI=1S/C13H23N3O3S/c1-2-16(12-13-4-3-10-19-13)20(17,18)11-9-15-7-5-14-6-8-15/h3-4,10,14H,2,5-9,11-12H2,1H3. The smallest absolute Gasteiger partial charge is 0.215 e. The number of furan rings is 1. The van der Waals surface area contributed by atoms with Gasteiger partial charge < -0.3 is 9.73 Å². The van der Waals surface area contributed by atoms with Gasteiger partial charge in [0.2, 0.25) is 10.0 Å². The molecule has 0 aromatic carbocycles. The van der Waals surface area contributed by atoms with Crippen molar-refractivity contribution in [2.24, 2.45) is 0 Å². The average Bonchev–Trinajstić information content (AvgIpc) is 2.97. The third kappa shape index (κ3) is 4.31. The van der Waals surface area contributed by atoms with Crippen LogP contribution in [0, 0.1) is 0 Å². The van der Waals surface area contributed by atoms with Crippen LogP contribution < -0.4 is 5.32 Å². The Morgan fingerprint density at radius 3 is 2.75 bits per heavy atom. The predicted octanol–water partition coefficient (Wildman–Crippen LogP) is 0.337. The van der Waals surface area contributed by atoms with Crippen molar-refractivity contribution >= 4 is 10.0 Å². The minimum Gasteiger partial charge on any atom is -0.468 e. The fourth-order valence-corrected chi connectivity index (χ4v) is 3.76. The van der Waals surface area contributed by atoms with Crippen molar-refractivity contribution < 1.29 is 12.8 Å². The molecule has 2 rings (SSSR count). The number of piperazine rings is 1. The average molecular weight is 301 g/mol. The number of hydrogen-bond donors (Lipinski definition) is 1. The summed E-state index contributed by atoms with van der Waals surface area (Å²) in [7, 11) is -3.24. The Morgan fingerprint density at radius 2 is 2.15 bits per heavy atom. The zero-order valence-corrected chi connectivity index (χ0v) is 12.7.